The summed E-state index contributed by atoms with van der Waals surface area (Å²) in [5, 5.41) is 13.5. The summed E-state index contributed by atoms with van der Waals surface area (Å²) in [6.45, 7) is -0.573. The van der Waals surface area contributed by atoms with E-state index in [2.05, 4.69) is 10.5 Å². The lowest BCUT2D eigenvalue weighted by molar-refractivity contribution is 0.145. The highest BCUT2D eigenvalue weighted by Crippen LogP contribution is 2.12. The fourth-order valence-electron chi connectivity index (χ4n) is 1.28. The third-order valence-corrected chi connectivity index (χ3v) is 2.08. The second-order valence-corrected chi connectivity index (χ2v) is 3.29. The lowest BCUT2D eigenvalue weighted by Crippen LogP contribution is -2.22. The first-order chi connectivity index (χ1) is 8.06. The molecule has 4 nitrogen and oxygen atoms in total. The topological polar surface area (TPSA) is 70.6 Å². The van der Waals surface area contributed by atoms with Gasteiger partial charge in [-0.2, -0.15) is 0 Å². The van der Waals surface area contributed by atoms with Gasteiger partial charge in [0.1, 0.15) is 5.82 Å². The van der Waals surface area contributed by atoms with Crippen molar-refractivity contribution < 1.29 is 18.4 Å². The number of halogens is 3. The van der Waals surface area contributed by atoms with Crippen LogP contribution in [0, 0.1) is 5.82 Å². The summed E-state index contributed by atoms with van der Waals surface area (Å²) in [6, 6.07) is 4.26. The summed E-state index contributed by atoms with van der Waals surface area (Å²) in [6.07, 6.45) is -2.50. The number of nitrogens with zero attached hydrogens (tertiary/aromatic N) is 1. The van der Waals surface area contributed by atoms with Gasteiger partial charge in [-0.25, -0.2) is 13.2 Å². The van der Waals surface area contributed by atoms with Crippen molar-refractivity contribution in [1.29, 1.82) is 0 Å². The second-order valence-electron chi connectivity index (χ2n) is 3.29. The molecule has 1 rings (SSSR count). The Bertz CT molecular complexity index is 410. The van der Waals surface area contributed by atoms with E-state index in [1.807, 2.05) is 0 Å². The Balaban J connectivity index is 2.80. The van der Waals surface area contributed by atoms with Crippen molar-refractivity contribution in [1.82, 2.24) is 5.32 Å². The van der Waals surface area contributed by atoms with Gasteiger partial charge in [0.2, 0.25) is 0 Å². The van der Waals surface area contributed by atoms with E-state index >= 15 is 0 Å². The maximum Gasteiger partial charge on any atom is 0.250 e. The van der Waals surface area contributed by atoms with E-state index in [4.69, 9.17) is 10.9 Å². The summed E-state index contributed by atoms with van der Waals surface area (Å²) in [5.74, 6) is -1.05. The SMILES string of the molecule is N/C(=N/O)c1cccc(CNCC(F)F)c1F. The number of rotatable bonds is 5. The smallest absolute Gasteiger partial charge is 0.250 e. The van der Waals surface area contributed by atoms with Crippen LogP contribution >= 0.6 is 0 Å². The molecule has 17 heavy (non-hydrogen) atoms. The van der Waals surface area contributed by atoms with Gasteiger partial charge in [-0.15, -0.1) is 0 Å². The van der Waals surface area contributed by atoms with Gasteiger partial charge in [-0.05, 0) is 6.07 Å². The molecule has 0 aliphatic heterocycles. The zero-order chi connectivity index (χ0) is 12.8. The maximum atomic E-state index is 13.7. The molecular formula is C10H12F3N3O. The van der Waals surface area contributed by atoms with Gasteiger partial charge in [0, 0.05) is 12.1 Å². The van der Waals surface area contributed by atoms with E-state index in [1.165, 1.54) is 18.2 Å². The van der Waals surface area contributed by atoms with Gasteiger partial charge >= 0.3 is 0 Å². The number of alkyl halides is 2. The molecule has 4 N–H and O–H groups in total. The molecule has 0 aliphatic rings. The second kappa shape index (κ2) is 6.09. The van der Waals surface area contributed by atoms with Crippen molar-refractivity contribution in [2.75, 3.05) is 6.54 Å². The molecule has 0 saturated heterocycles. The highest BCUT2D eigenvalue weighted by atomic mass is 19.3. The van der Waals surface area contributed by atoms with Gasteiger partial charge in [0.15, 0.2) is 5.84 Å². The molecule has 0 atom stereocenters. The zero-order valence-corrected chi connectivity index (χ0v) is 8.83. The first-order valence-corrected chi connectivity index (χ1v) is 4.80. The summed E-state index contributed by atoms with van der Waals surface area (Å²) in [7, 11) is 0. The van der Waals surface area contributed by atoms with E-state index in [-0.39, 0.29) is 23.5 Å². The molecule has 7 heteroatoms. The zero-order valence-electron chi connectivity index (χ0n) is 8.83. The molecule has 0 aromatic heterocycles. The number of hydrogen-bond donors (Lipinski definition) is 3. The van der Waals surface area contributed by atoms with Crippen molar-refractivity contribution in [2.24, 2.45) is 10.9 Å². The average Bonchev–Trinajstić information content (AvgIpc) is 2.30. The number of hydrogen-bond acceptors (Lipinski definition) is 3. The largest absolute Gasteiger partial charge is 0.409 e. The predicted octanol–water partition coefficient (Wildman–Crippen LogP) is 1.27. The summed E-state index contributed by atoms with van der Waals surface area (Å²) < 4.78 is 37.5. The molecule has 0 radical (unpaired) electrons. The predicted molar refractivity (Wildman–Crippen MR) is 56.6 cm³/mol. The van der Waals surface area contributed by atoms with Crippen LogP contribution in [0.25, 0.3) is 0 Å². The van der Waals surface area contributed by atoms with Crippen LogP contribution in [0.4, 0.5) is 13.2 Å². The first kappa shape index (κ1) is 13.3. The summed E-state index contributed by atoms with van der Waals surface area (Å²) >= 11 is 0. The van der Waals surface area contributed by atoms with Crippen molar-refractivity contribution >= 4 is 5.84 Å². The van der Waals surface area contributed by atoms with Crippen LogP contribution < -0.4 is 11.1 Å². The standard InChI is InChI=1S/C10H12F3N3O/c11-8(12)5-15-4-6-2-1-3-7(9(6)13)10(14)16-17/h1-3,8,15,17H,4-5H2,(H2,14,16). The monoisotopic (exact) mass is 247 g/mol. The molecule has 94 valence electrons. The molecule has 1 aromatic carbocycles. The van der Waals surface area contributed by atoms with E-state index < -0.39 is 18.8 Å². The molecule has 0 heterocycles. The normalized spacial score (nSPS) is 12.1. The van der Waals surface area contributed by atoms with Crippen molar-refractivity contribution in [3.63, 3.8) is 0 Å². The van der Waals surface area contributed by atoms with E-state index in [0.29, 0.717) is 0 Å². The van der Waals surface area contributed by atoms with Gasteiger partial charge in [0.25, 0.3) is 6.43 Å². The Hall–Kier alpha value is -1.76. The van der Waals surface area contributed by atoms with Crippen LogP contribution in [-0.2, 0) is 6.54 Å². The summed E-state index contributed by atoms with van der Waals surface area (Å²) in [5.41, 5.74) is 5.37. The molecule has 1 aromatic rings. The van der Waals surface area contributed by atoms with Crippen LogP contribution in [0.3, 0.4) is 0 Å². The minimum absolute atomic E-state index is 0.0529. The molecule has 0 saturated carbocycles. The molecule has 0 spiro atoms. The highest BCUT2D eigenvalue weighted by molar-refractivity contribution is 5.97. The van der Waals surface area contributed by atoms with Crippen molar-refractivity contribution in [3.05, 3.63) is 35.1 Å². The lowest BCUT2D eigenvalue weighted by Gasteiger charge is -2.08. The van der Waals surface area contributed by atoms with Gasteiger partial charge in [-0.1, -0.05) is 17.3 Å². The molecule has 0 bridgehead atoms. The molecule has 0 unspecified atom stereocenters. The van der Waals surface area contributed by atoms with Crippen LogP contribution in [-0.4, -0.2) is 24.0 Å². The van der Waals surface area contributed by atoms with Crippen LogP contribution in [0.2, 0.25) is 0 Å². The average molecular weight is 247 g/mol. The molecule has 0 amide bonds. The van der Waals surface area contributed by atoms with Crippen LogP contribution in [0.5, 0.6) is 0 Å². The number of amidine groups is 1. The number of nitrogens with two attached hydrogens (primary N) is 1. The highest BCUT2D eigenvalue weighted by Gasteiger charge is 2.11. The third-order valence-electron chi connectivity index (χ3n) is 2.08. The third kappa shape index (κ3) is 3.63. The Labute approximate surface area is 95.9 Å². The van der Waals surface area contributed by atoms with E-state index in [0.717, 1.165) is 0 Å². The number of oxime groups is 1. The first-order valence-electron chi connectivity index (χ1n) is 4.80. The fourth-order valence-corrected chi connectivity index (χ4v) is 1.28. The maximum absolute atomic E-state index is 13.7. The molecule has 0 fully saturated rings. The van der Waals surface area contributed by atoms with Crippen LogP contribution in [0.1, 0.15) is 11.1 Å². The molecule has 0 aliphatic carbocycles. The fraction of sp³-hybridized carbons (Fsp3) is 0.300. The minimum atomic E-state index is -2.50. The lowest BCUT2D eigenvalue weighted by atomic mass is 10.1. The minimum Gasteiger partial charge on any atom is -0.409 e. The Morgan fingerprint density at radius 1 is 1.47 bits per heavy atom. The summed E-state index contributed by atoms with van der Waals surface area (Å²) in [4.78, 5) is 0. The number of benzene rings is 1. The quantitative estimate of drug-likeness (QED) is 0.317. The Kier molecular flexibility index (Phi) is 4.77. The van der Waals surface area contributed by atoms with Crippen molar-refractivity contribution in [2.45, 2.75) is 13.0 Å². The van der Waals surface area contributed by atoms with Crippen LogP contribution in [0.15, 0.2) is 23.4 Å². The Morgan fingerprint density at radius 2 is 2.18 bits per heavy atom. The van der Waals surface area contributed by atoms with E-state index in [1.54, 1.807) is 0 Å². The van der Waals surface area contributed by atoms with Gasteiger partial charge in [-0.3, -0.25) is 0 Å². The Morgan fingerprint density at radius 3 is 2.76 bits per heavy atom. The van der Waals surface area contributed by atoms with Gasteiger partial charge in [0.05, 0.1) is 12.1 Å². The van der Waals surface area contributed by atoms with Crippen molar-refractivity contribution in [3.8, 4) is 0 Å². The van der Waals surface area contributed by atoms with Gasteiger partial charge < -0.3 is 16.3 Å². The number of nitrogens with one attached hydrogen (secondary N) is 1. The van der Waals surface area contributed by atoms with E-state index in [9.17, 15) is 13.2 Å². The molecular weight excluding hydrogens is 235 g/mol.